The molecule has 0 amide bonds. The molecule has 100 valence electrons. The maximum atomic E-state index is 11.9. The van der Waals surface area contributed by atoms with E-state index in [2.05, 4.69) is 10.4 Å². The number of aryl methyl sites for hydroxylation is 2. The topological polar surface area (TPSA) is 56.2 Å². The number of rotatable bonds is 4. The molecule has 0 aliphatic carbocycles. The van der Waals surface area contributed by atoms with E-state index in [1.807, 2.05) is 13.8 Å². The first-order valence-corrected chi connectivity index (χ1v) is 6.42. The van der Waals surface area contributed by atoms with Crippen LogP contribution in [0.15, 0.2) is 10.9 Å². The summed E-state index contributed by atoms with van der Waals surface area (Å²) in [7, 11) is 1.69. The molecule has 0 aromatic carbocycles. The summed E-state index contributed by atoms with van der Waals surface area (Å²) >= 11 is 0. The van der Waals surface area contributed by atoms with Gasteiger partial charge in [-0.05, 0) is 33.1 Å². The predicted octanol–water partition coefficient (Wildman–Crippen LogP) is 1.42. The van der Waals surface area contributed by atoms with Crippen molar-refractivity contribution in [3.05, 3.63) is 22.1 Å². The molecular weight excluding hydrogens is 230 g/mol. The van der Waals surface area contributed by atoms with Gasteiger partial charge >= 0.3 is 0 Å². The molecule has 0 radical (unpaired) electrons. The molecule has 1 N–H and O–H groups in total. The molecule has 0 saturated carbocycles. The number of nitrogens with one attached hydrogen (secondary N) is 1. The molecule has 0 unspecified atom stereocenters. The number of hydrogen-bond donors (Lipinski definition) is 1. The lowest BCUT2D eigenvalue weighted by atomic mass is 10.1. The van der Waals surface area contributed by atoms with Gasteiger partial charge in [0.1, 0.15) is 0 Å². The second-order valence-corrected chi connectivity index (χ2v) is 5.31. The summed E-state index contributed by atoms with van der Waals surface area (Å²) in [4.78, 5) is 11.9. The first kappa shape index (κ1) is 13.1. The lowest BCUT2D eigenvalue weighted by Gasteiger charge is -2.23. The number of aromatic nitrogens is 2. The van der Waals surface area contributed by atoms with Crippen molar-refractivity contribution in [1.29, 1.82) is 0 Å². The van der Waals surface area contributed by atoms with E-state index in [4.69, 9.17) is 4.74 Å². The molecule has 18 heavy (non-hydrogen) atoms. The molecular formula is C13H21N3O2. The van der Waals surface area contributed by atoms with Crippen LogP contribution < -0.4 is 10.9 Å². The van der Waals surface area contributed by atoms with Crippen LogP contribution in [0.2, 0.25) is 0 Å². The smallest absolute Gasteiger partial charge is 0.268 e. The summed E-state index contributed by atoms with van der Waals surface area (Å²) in [5.74, 6) is 0. The molecule has 2 rings (SSSR count). The molecule has 0 atom stereocenters. The SMILES string of the molecule is COC(C)(C)CCn1nc2c(cc1=O)NCCC2. The Balaban J connectivity index is 2.16. The number of ether oxygens (including phenoxy) is 1. The predicted molar refractivity (Wildman–Crippen MR) is 71.0 cm³/mol. The van der Waals surface area contributed by atoms with Crippen molar-refractivity contribution in [2.24, 2.45) is 0 Å². The highest BCUT2D eigenvalue weighted by Crippen LogP contribution is 2.17. The third-order valence-electron chi connectivity index (χ3n) is 3.46. The number of methoxy groups -OCH3 is 1. The van der Waals surface area contributed by atoms with Crippen LogP contribution in [-0.4, -0.2) is 29.0 Å². The van der Waals surface area contributed by atoms with Crippen LogP contribution in [0, 0.1) is 0 Å². The highest BCUT2D eigenvalue weighted by atomic mass is 16.5. The van der Waals surface area contributed by atoms with E-state index >= 15 is 0 Å². The van der Waals surface area contributed by atoms with Crippen molar-refractivity contribution in [2.75, 3.05) is 19.0 Å². The largest absolute Gasteiger partial charge is 0.383 e. The van der Waals surface area contributed by atoms with Crippen molar-refractivity contribution >= 4 is 5.69 Å². The normalized spacial score (nSPS) is 15.1. The zero-order valence-corrected chi connectivity index (χ0v) is 11.3. The zero-order chi connectivity index (χ0) is 13.2. The van der Waals surface area contributed by atoms with Gasteiger partial charge in [0.2, 0.25) is 0 Å². The average molecular weight is 251 g/mol. The highest BCUT2D eigenvalue weighted by molar-refractivity contribution is 5.48. The van der Waals surface area contributed by atoms with Gasteiger partial charge in [0.05, 0.1) is 17.0 Å². The van der Waals surface area contributed by atoms with Crippen LogP contribution in [-0.2, 0) is 17.7 Å². The Bertz CT molecular complexity index is 480. The van der Waals surface area contributed by atoms with Gasteiger partial charge in [-0.1, -0.05) is 0 Å². The maximum Gasteiger partial charge on any atom is 0.268 e. The minimum absolute atomic E-state index is 0.0462. The third-order valence-corrected chi connectivity index (χ3v) is 3.46. The van der Waals surface area contributed by atoms with Crippen LogP contribution >= 0.6 is 0 Å². The summed E-state index contributed by atoms with van der Waals surface area (Å²) in [6, 6.07) is 1.65. The van der Waals surface area contributed by atoms with Crippen molar-refractivity contribution < 1.29 is 4.74 Å². The third kappa shape index (κ3) is 2.90. The van der Waals surface area contributed by atoms with Crippen molar-refractivity contribution in [2.45, 2.75) is 45.3 Å². The van der Waals surface area contributed by atoms with Gasteiger partial charge in [0, 0.05) is 26.3 Å². The maximum absolute atomic E-state index is 11.9. The van der Waals surface area contributed by atoms with Gasteiger partial charge in [-0.2, -0.15) is 5.10 Å². The quantitative estimate of drug-likeness (QED) is 0.879. The van der Waals surface area contributed by atoms with Gasteiger partial charge in [0.15, 0.2) is 0 Å². The fourth-order valence-corrected chi connectivity index (χ4v) is 1.98. The Morgan fingerprint density at radius 2 is 2.33 bits per heavy atom. The zero-order valence-electron chi connectivity index (χ0n) is 11.3. The Labute approximate surface area is 107 Å². The Morgan fingerprint density at radius 3 is 3.06 bits per heavy atom. The van der Waals surface area contributed by atoms with E-state index in [1.54, 1.807) is 17.9 Å². The fourth-order valence-electron chi connectivity index (χ4n) is 1.98. The highest BCUT2D eigenvalue weighted by Gasteiger charge is 2.18. The first-order valence-electron chi connectivity index (χ1n) is 6.42. The van der Waals surface area contributed by atoms with Crippen molar-refractivity contribution in [3.8, 4) is 0 Å². The lowest BCUT2D eigenvalue weighted by molar-refractivity contribution is 0.0110. The first-order chi connectivity index (χ1) is 8.52. The second-order valence-electron chi connectivity index (χ2n) is 5.31. The van der Waals surface area contributed by atoms with E-state index in [-0.39, 0.29) is 11.2 Å². The monoisotopic (exact) mass is 251 g/mol. The number of anilines is 1. The second kappa shape index (κ2) is 5.10. The van der Waals surface area contributed by atoms with Gasteiger partial charge in [0.25, 0.3) is 5.56 Å². The summed E-state index contributed by atoms with van der Waals surface area (Å²) < 4.78 is 6.90. The number of hydrogen-bond acceptors (Lipinski definition) is 4. The van der Waals surface area contributed by atoms with Crippen LogP contribution in [0.25, 0.3) is 0 Å². The minimum Gasteiger partial charge on any atom is -0.383 e. The summed E-state index contributed by atoms with van der Waals surface area (Å²) in [5.41, 5.74) is 1.62. The minimum atomic E-state index is -0.227. The molecule has 0 spiro atoms. The molecule has 1 aliphatic heterocycles. The summed E-state index contributed by atoms with van der Waals surface area (Å²) in [5, 5.41) is 7.65. The molecule has 5 nitrogen and oxygen atoms in total. The van der Waals surface area contributed by atoms with E-state index in [0.29, 0.717) is 6.54 Å². The Kier molecular flexibility index (Phi) is 3.71. The molecule has 0 bridgehead atoms. The molecule has 0 saturated heterocycles. The van der Waals surface area contributed by atoms with E-state index < -0.39 is 0 Å². The summed E-state index contributed by atoms with van der Waals surface area (Å²) in [6.07, 6.45) is 2.78. The number of nitrogens with zero attached hydrogens (tertiary/aromatic N) is 2. The fraction of sp³-hybridized carbons (Fsp3) is 0.692. The molecule has 1 aromatic heterocycles. The van der Waals surface area contributed by atoms with Gasteiger partial charge in [-0.25, -0.2) is 4.68 Å². The summed E-state index contributed by atoms with van der Waals surface area (Å²) in [6.45, 7) is 5.54. The van der Waals surface area contributed by atoms with Gasteiger partial charge in [-0.15, -0.1) is 0 Å². The van der Waals surface area contributed by atoms with Gasteiger partial charge in [-0.3, -0.25) is 4.79 Å². The number of fused-ring (bicyclic) bond motifs is 1. The molecule has 1 aromatic rings. The van der Waals surface area contributed by atoms with Crippen LogP contribution in [0.1, 0.15) is 32.4 Å². The lowest BCUT2D eigenvalue weighted by Crippen LogP contribution is -2.31. The standard InChI is InChI=1S/C13H21N3O2/c1-13(2,18-3)6-8-16-12(17)9-11-10(15-16)5-4-7-14-11/h9,14H,4-8H2,1-3H3. The Morgan fingerprint density at radius 1 is 1.56 bits per heavy atom. The molecule has 1 aliphatic rings. The molecule has 2 heterocycles. The average Bonchev–Trinajstić information content (AvgIpc) is 2.36. The molecule has 0 fully saturated rings. The molecule has 5 heteroatoms. The van der Waals surface area contributed by atoms with Crippen molar-refractivity contribution in [3.63, 3.8) is 0 Å². The van der Waals surface area contributed by atoms with E-state index in [0.717, 1.165) is 37.2 Å². The van der Waals surface area contributed by atoms with Gasteiger partial charge < -0.3 is 10.1 Å². The Hall–Kier alpha value is -1.36. The van der Waals surface area contributed by atoms with E-state index in [9.17, 15) is 4.79 Å². The van der Waals surface area contributed by atoms with Crippen LogP contribution in [0.5, 0.6) is 0 Å². The van der Waals surface area contributed by atoms with Crippen LogP contribution in [0.4, 0.5) is 5.69 Å². The van der Waals surface area contributed by atoms with E-state index in [1.165, 1.54) is 0 Å². The van der Waals surface area contributed by atoms with Crippen molar-refractivity contribution in [1.82, 2.24) is 9.78 Å². The van der Waals surface area contributed by atoms with Crippen LogP contribution in [0.3, 0.4) is 0 Å².